The van der Waals surface area contributed by atoms with E-state index >= 15 is 0 Å². The molecule has 2 heteroatoms. The molecule has 1 aromatic rings. The van der Waals surface area contributed by atoms with Gasteiger partial charge in [-0.15, -0.1) is 0 Å². The van der Waals surface area contributed by atoms with Crippen molar-refractivity contribution in [1.82, 2.24) is 0 Å². The van der Waals surface area contributed by atoms with E-state index in [9.17, 15) is 4.79 Å². The van der Waals surface area contributed by atoms with Crippen LogP contribution >= 0.6 is 11.6 Å². The number of benzene rings is 1. The minimum Gasteiger partial charge on any atom is -0.294 e. The van der Waals surface area contributed by atoms with Gasteiger partial charge in [0.2, 0.25) is 0 Å². The molecule has 1 nitrogen and oxygen atoms in total. The summed E-state index contributed by atoms with van der Waals surface area (Å²) < 4.78 is 0. The van der Waals surface area contributed by atoms with Crippen LogP contribution in [0.1, 0.15) is 22.8 Å². The molecule has 1 aliphatic rings. The van der Waals surface area contributed by atoms with Crippen LogP contribution in [0.2, 0.25) is 5.02 Å². The maximum absolute atomic E-state index is 11.5. The molecule has 0 heterocycles. The summed E-state index contributed by atoms with van der Waals surface area (Å²) in [6, 6.07) is 5.64. The first kappa shape index (κ1) is 7.81. The lowest BCUT2D eigenvalue weighted by Gasteiger charge is -1.98. The van der Waals surface area contributed by atoms with Gasteiger partial charge in [0.15, 0.2) is 5.78 Å². The van der Waals surface area contributed by atoms with Gasteiger partial charge in [-0.05, 0) is 18.1 Å². The lowest BCUT2D eigenvalue weighted by Crippen LogP contribution is -2.03. The van der Waals surface area contributed by atoms with E-state index in [1.54, 1.807) is 6.07 Å². The first-order chi connectivity index (χ1) is 5.70. The van der Waals surface area contributed by atoms with Gasteiger partial charge in [-0.1, -0.05) is 30.7 Å². The number of carbonyl (C=O) groups excluding carboxylic acids is 1. The van der Waals surface area contributed by atoms with Crippen LogP contribution in [-0.4, -0.2) is 5.78 Å². The zero-order valence-electron chi connectivity index (χ0n) is 6.80. The number of ketones is 1. The van der Waals surface area contributed by atoms with Crippen molar-refractivity contribution in [2.75, 3.05) is 0 Å². The van der Waals surface area contributed by atoms with Gasteiger partial charge in [0, 0.05) is 11.5 Å². The van der Waals surface area contributed by atoms with E-state index in [-0.39, 0.29) is 11.7 Å². The van der Waals surface area contributed by atoms with E-state index < -0.39 is 0 Å². The minimum absolute atomic E-state index is 0.111. The molecule has 0 spiro atoms. The molecule has 0 saturated heterocycles. The highest BCUT2D eigenvalue weighted by molar-refractivity contribution is 6.34. The van der Waals surface area contributed by atoms with Gasteiger partial charge < -0.3 is 0 Å². The number of Topliss-reactive ketones (excluding diaryl/α,β-unsaturated/α-hetero) is 1. The topological polar surface area (TPSA) is 17.1 Å². The molecule has 1 aliphatic carbocycles. The standard InChI is InChI=1S/C10H9ClO/c1-6-5-7-3-2-4-8(11)9(7)10(6)12/h2-4,6H,5H2,1H3/t6-/m0/s1. The average Bonchev–Trinajstić information content (AvgIpc) is 2.29. The predicted octanol–water partition coefficient (Wildman–Crippen LogP) is 2.71. The molecule has 0 fully saturated rings. The Hall–Kier alpha value is -0.820. The van der Waals surface area contributed by atoms with Crippen molar-refractivity contribution < 1.29 is 4.79 Å². The van der Waals surface area contributed by atoms with Crippen LogP contribution in [0.25, 0.3) is 0 Å². The summed E-state index contributed by atoms with van der Waals surface area (Å²) in [6.07, 6.45) is 0.842. The second-order valence-corrected chi connectivity index (χ2v) is 3.65. The Bertz CT molecular complexity index is 344. The fourth-order valence-electron chi connectivity index (χ4n) is 1.68. The molecular formula is C10H9ClO. The number of hydrogen-bond acceptors (Lipinski definition) is 1. The Morgan fingerprint density at radius 2 is 2.25 bits per heavy atom. The highest BCUT2D eigenvalue weighted by Gasteiger charge is 2.28. The van der Waals surface area contributed by atoms with E-state index in [0.29, 0.717) is 5.02 Å². The zero-order chi connectivity index (χ0) is 8.72. The van der Waals surface area contributed by atoms with Crippen LogP contribution in [0.3, 0.4) is 0 Å². The number of halogens is 1. The van der Waals surface area contributed by atoms with Crippen LogP contribution in [0.5, 0.6) is 0 Å². The maximum Gasteiger partial charge on any atom is 0.167 e. The van der Waals surface area contributed by atoms with Crippen molar-refractivity contribution in [3.63, 3.8) is 0 Å². The largest absolute Gasteiger partial charge is 0.294 e. The fourth-order valence-corrected chi connectivity index (χ4v) is 1.97. The first-order valence-electron chi connectivity index (χ1n) is 4.01. The SMILES string of the molecule is C[C@H]1Cc2cccc(Cl)c2C1=O. The third kappa shape index (κ3) is 0.969. The molecule has 1 aromatic carbocycles. The molecule has 0 aromatic heterocycles. The first-order valence-corrected chi connectivity index (χ1v) is 4.39. The lowest BCUT2D eigenvalue weighted by atomic mass is 10.1. The van der Waals surface area contributed by atoms with Crippen molar-refractivity contribution in [1.29, 1.82) is 0 Å². The molecule has 0 amide bonds. The van der Waals surface area contributed by atoms with Crippen LogP contribution in [0.4, 0.5) is 0 Å². The monoisotopic (exact) mass is 180 g/mol. The Balaban J connectivity index is 2.62. The van der Waals surface area contributed by atoms with E-state index in [0.717, 1.165) is 17.5 Å². The Labute approximate surface area is 76.4 Å². The molecular weight excluding hydrogens is 172 g/mol. The molecule has 12 heavy (non-hydrogen) atoms. The summed E-state index contributed by atoms with van der Waals surface area (Å²) in [5, 5.41) is 0.599. The summed E-state index contributed by atoms with van der Waals surface area (Å²) >= 11 is 5.91. The Morgan fingerprint density at radius 1 is 1.50 bits per heavy atom. The van der Waals surface area contributed by atoms with Crippen molar-refractivity contribution in [2.45, 2.75) is 13.3 Å². The molecule has 0 radical (unpaired) electrons. The number of carbonyl (C=O) groups is 1. The molecule has 0 N–H and O–H groups in total. The molecule has 0 saturated carbocycles. The van der Waals surface area contributed by atoms with Gasteiger partial charge in [0.1, 0.15) is 0 Å². The van der Waals surface area contributed by atoms with Crippen molar-refractivity contribution in [3.8, 4) is 0 Å². The zero-order valence-corrected chi connectivity index (χ0v) is 7.56. The molecule has 1 atom stereocenters. The maximum atomic E-state index is 11.5. The molecule has 0 unspecified atom stereocenters. The molecule has 62 valence electrons. The summed E-state index contributed by atoms with van der Waals surface area (Å²) in [6.45, 7) is 1.94. The summed E-state index contributed by atoms with van der Waals surface area (Å²) in [4.78, 5) is 11.5. The van der Waals surface area contributed by atoms with E-state index in [1.165, 1.54) is 0 Å². The van der Waals surface area contributed by atoms with Crippen molar-refractivity contribution in [3.05, 3.63) is 34.3 Å². The van der Waals surface area contributed by atoms with Gasteiger partial charge in [0.05, 0.1) is 5.02 Å². The van der Waals surface area contributed by atoms with Gasteiger partial charge in [-0.2, -0.15) is 0 Å². The number of hydrogen-bond donors (Lipinski definition) is 0. The van der Waals surface area contributed by atoms with Crippen molar-refractivity contribution >= 4 is 17.4 Å². The second kappa shape index (κ2) is 2.60. The predicted molar refractivity (Wildman–Crippen MR) is 48.7 cm³/mol. The lowest BCUT2D eigenvalue weighted by molar-refractivity contribution is 0.0946. The normalized spacial score (nSPS) is 21.2. The molecule has 0 aliphatic heterocycles. The Kier molecular flexibility index (Phi) is 1.69. The summed E-state index contributed by atoms with van der Waals surface area (Å²) in [7, 11) is 0. The minimum atomic E-state index is 0.111. The average molecular weight is 181 g/mol. The second-order valence-electron chi connectivity index (χ2n) is 3.24. The summed E-state index contributed by atoms with van der Waals surface area (Å²) in [5.41, 5.74) is 1.84. The van der Waals surface area contributed by atoms with E-state index in [4.69, 9.17) is 11.6 Å². The molecule has 0 bridgehead atoms. The van der Waals surface area contributed by atoms with E-state index in [2.05, 4.69) is 0 Å². The molecule has 2 rings (SSSR count). The Morgan fingerprint density at radius 3 is 2.92 bits per heavy atom. The quantitative estimate of drug-likeness (QED) is 0.600. The third-order valence-electron chi connectivity index (χ3n) is 2.32. The van der Waals surface area contributed by atoms with Crippen LogP contribution in [0, 0.1) is 5.92 Å². The third-order valence-corrected chi connectivity index (χ3v) is 2.63. The van der Waals surface area contributed by atoms with Gasteiger partial charge in [-0.3, -0.25) is 4.79 Å². The van der Waals surface area contributed by atoms with Crippen LogP contribution < -0.4 is 0 Å². The van der Waals surface area contributed by atoms with Crippen LogP contribution in [-0.2, 0) is 6.42 Å². The summed E-state index contributed by atoms with van der Waals surface area (Å²) in [5.74, 6) is 0.301. The number of rotatable bonds is 0. The number of fused-ring (bicyclic) bond motifs is 1. The van der Waals surface area contributed by atoms with E-state index in [1.807, 2.05) is 19.1 Å². The smallest absolute Gasteiger partial charge is 0.167 e. The van der Waals surface area contributed by atoms with Crippen molar-refractivity contribution in [2.24, 2.45) is 5.92 Å². The van der Waals surface area contributed by atoms with Gasteiger partial charge in [-0.25, -0.2) is 0 Å². The van der Waals surface area contributed by atoms with Gasteiger partial charge in [0.25, 0.3) is 0 Å². The highest BCUT2D eigenvalue weighted by Crippen LogP contribution is 2.31. The fraction of sp³-hybridized carbons (Fsp3) is 0.300. The highest BCUT2D eigenvalue weighted by atomic mass is 35.5. The van der Waals surface area contributed by atoms with Crippen LogP contribution in [0.15, 0.2) is 18.2 Å². The van der Waals surface area contributed by atoms with Gasteiger partial charge >= 0.3 is 0 Å².